The summed E-state index contributed by atoms with van der Waals surface area (Å²) < 4.78 is 27.9. The number of ketones is 1. The molecule has 0 aliphatic carbocycles. The van der Waals surface area contributed by atoms with Crippen LogP contribution in [-0.4, -0.2) is 44.2 Å². The number of carbonyl (C=O) groups excluding carboxylic acids is 1. The largest absolute Gasteiger partial charge is 0.495 e. The second kappa shape index (κ2) is 8.31. The lowest BCUT2D eigenvalue weighted by molar-refractivity contribution is -0.386. The van der Waals surface area contributed by atoms with Crippen molar-refractivity contribution in [2.75, 3.05) is 27.9 Å². The van der Waals surface area contributed by atoms with E-state index in [1.807, 2.05) is 0 Å². The summed E-state index contributed by atoms with van der Waals surface area (Å²) in [5.74, 6) is 1.12. The Morgan fingerprint density at radius 2 is 1.82 bits per heavy atom. The SMILES string of the molecule is COc1cc2c(cc1OC)OCC(C(=O)c1cc([N+](=O)[O-])c3c(c1OC)C=CC(C)(C)O3)C2. The molecule has 1 unspecified atom stereocenters. The Labute approximate surface area is 191 Å². The third kappa shape index (κ3) is 3.94. The highest BCUT2D eigenvalue weighted by Gasteiger charge is 2.37. The number of ether oxygens (including phenoxy) is 5. The van der Waals surface area contributed by atoms with Crippen LogP contribution in [0.3, 0.4) is 0 Å². The zero-order chi connectivity index (χ0) is 23.9. The molecule has 0 fully saturated rings. The Kier molecular flexibility index (Phi) is 5.65. The van der Waals surface area contributed by atoms with Crippen molar-refractivity contribution in [3.8, 4) is 28.7 Å². The van der Waals surface area contributed by atoms with Gasteiger partial charge in [0, 0.05) is 12.1 Å². The van der Waals surface area contributed by atoms with E-state index in [0.29, 0.717) is 29.2 Å². The Bertz CT molecular complexity index is 1170. The van der Waals surface area contributed by atoms with Gasteiger partial charge in [-0.2, -0.15) is 0 Å². The molecule has 9 heteroatoms. The van der Waals surface area contributed by atoms with Crippen LogP contribution in [0.4, 0.5) is 5.69 Å². The number of rotatable bonds is 6. The number of Topliss-reactive ketones (excluding diaryl/α,β-unsaturated/α-hetero) is 1. The van der Waals surface area contributed by atoms with E-state index in [0.717, 1.165) is 5.56 Å². The molecule has 2 aliphatic heterocycles. The highest BCUT2D eigenvalue weighted by atomic mass is 16.6. The number of benzene rings is 2. The summed E-state index contributed by atoms with van der Waals surface area (Å²) in [7, 11) is 4.49. The van der Waals surface area contributed by atoms with Gasteiger partial charge in [-0.25, -0.2) is 0 Å². The van der Waals surface area contributed by atoms with Crippen molar-refractivity contribution in [3.05, 3.63) is 51.1 Å². The predicted molar refractivity (Wildman–Crippen MR) is 120 cm³/mol. The van der Waals surface area contributed by atoms with Gasteiger partial charge >= 0.3 is 5.69 Å². The smallest absolute Gasteiger partial charge is 0.312 e. The van der Waals surface area contributed by atoms with Crippen molar-refractivity contribution >= 4 is 17.5 Å². The molecule has 0 N–H and O–H groups in total. The average molecular weight is 455 g/mol. The molecular formula is C24H25NO8. The minimum absolute atomic E-state index is 0.0861. The second-order valence-corrected chi connectivity index (χ2v) is 8.41. The van der Waals surface area contributed by atoms with Crippen LogP contribution in [0.5, 0.6) is 28.7 Å². The maximum absolute atomic E-state index is 13.6. The maximum atomic E-state index is 13.6. The second-order valence-electron chi connectivity index (χ2n) is 8.41. The number of methoxy groups -OCH3 is 3. The van der Waals surface area contributed by atoms with Crippen LogP contribution in [0.15, 0.2) is 24.3 Å². The van der Waals surface area contributed by atoms with Crippen LogP contribution in [0.25, 0.3) is 6.08 Å². The molecule has 4 rings (SSSR count). The molecule has 0 saturated carbocycles. The highest BCUT2D eigenvalue weighted by molar-refractivity contribution is 6.03. The zero-order valence-corrected chi connectivity index (χ0v) is 19.1. The third-order valence-corrected chi connectivity index (χ3v) is 5.77. The summed E-state index contributed by atoms with van der Waals surface area (Å²) in [5, 5.41) is 11.8. The average Bonchev–Trinajstić information content (AvgIpc) is 2.80. The van der Waals surface area contributed by atoms with E-state index in [4.69, 9.17) is 23.7 Å². The standard InChI is InChI=1S/C24H25NO8/c1-24(2)7-6-15-22(31-5)16(10-17(25(27)28)23(15)33-24)21(26)14-8-13-9-19(29-3)20(30-4)11-18(13)32-12-14/h6-7,9-11,14H,8,12H2,1-5H3. The van der Waals surface area contributed by atoms with Crippen LogP contribution in [0.2, 0.25) is 0 Å². The molecule has 2 aromatic carbocycles. The van der Waals surface area contributed by atoms with Gasteiger partial charge in [-0.15, -0.1) is 0 Å². The minimum atomic E-state index is -0.727. The van der Waals surface area contributed by atoms with E-state index in [1.165, 1.54) is 27.4 Å². The first-order chi connectivity index (χ1) is 15.7. The molecular weight excluding hydrogens is 430 g/mol. The fourth-order valence-corrected chi connectivity index (χ4v) is 4.13. The van der Waals surface area contributed by atoms with Crippen LogP contribution < -0.4 is 23.7 Å². The van der Waals surface area contributed by atoms with Gasteiger partial charge < -0.3 is 23.7 Å². The lowest BCUT2D eigenvalue weighted by Gasteiger charge is -2.29. The van der Waals surface area contributed by atoms with Gasteiger partial charge in [-0.1, -0.05) is 0 Å². The lowest BCUT2D eigenvalue weighted by atomic mass is 9.87. The zero-order valence-electron chi connectivity index (χ0n) is 19.1. The van der Waals surface area contributed by atoms with Gasteiger partial charge in [0.2, 0.25) is 5.75 Å². The number of hydrogen-bond donors (Lipinski definition) is 0. The fraction of sp³-hybridized carbons (Fsp3) is 0.375. The summed E-state index contributed by atoms with van der Waals surface area (Å²) in [6.45, 7) is 3.71. The van der Waals surface area contributed by atoms with Crippen molar-refractivity contribution in [2.24, 2.45) is 5.92 Å². The minimum Gasteiger partial charge on any atom is -0.495 e. The highest BCUT2D eigenvalue weighted by Crippen LogP contribution is 2.46. The van der Waals surface area contributed by atoms with Gasteiger partial charge in [0.1, 0.15) is 17.1 Å². The van der Waals surface area contributed by atoms with Crippen molar-refractivity contribution in [2.45, 2.75) is 25.9 Å². The summed E-state index contributed by atoms with van der Waals surface area (Å²) in [5.41, 5.74) is 0.269. The first-order valence-electron chi connectivity index (χ1n) is 10.4. The van der Waals surface area contributed by atoms with Crippen LogP contribution in [0.1, 0.15) is 35.3 Å². The normalized spacial score (nSPS) is 17.7. The monoisotopic (exact) mass is 455 g/mol. The molecule has 2 heterocycles. The molecule has 0 saturated heterocycles. The van der Waals surface area contributed by atoms with Crippen LogP contribution >= 0.6 is 0 Å². The fourth-order valence-electron chi connectivity index (χ4n) is 4.13. The van der Waals surface area contributed by atoms with Crippen molar-refractivity contribution in [3.63, 3.8) is 0 Å². The summed E-state index contributed by atoms with van der Waals surface area (Å²) in [6, 6.07) is 4.74. The Hall–Kier alpha value is -3.75. The van der Waals surface area contributed by atoms with Crippen LogP contribution in [0, 0.1) is 16.0 Å². The van der Waals surface area contributed by atoms with Gasteiger partial charge in [0.25, 0.3) is 0 Å². The van der Waals surface area contributed by atoms with Crippen LogP contribution in [-0.2, 0) is 6.42 Å². The van der Waals surface area contributed by atoms with E-state index < -0.39 is 16.4 Å². The van der Waals surface area contributed by atoms with Crippen molar-refractivity contribution in [1.29, 1.82) is 0 Å². The van der Waals surface area contributed by atoms with Crippen molar-refractivity contribution in [1.82, 2.24) is 0 Å². The molecule has 0 spiro atoms. The number of nitrogens with zero attached hydrogens (tertiary/aromatic N) is 1. The van der Waals surface area contributed by atoms with E-state index in [1.54, 1.807) is 38.1 Å². The number of fused-ring (bicyclic) bond motifs is 2. The van der Waals surface area contributed by atoms with E-state index in [2.05, 4.69) is 0 Å². The summed E-state index contributed by atoms with van der Waals surface area (Å²) >= 11 is 0. The Morgan fingerprint density at radius 1 is 1.12 bits per heavy atom. The Morgan fingerprint density at radius 3 is 2.45 bits per heavy atom. The van der Waals surface area contributed by atoms with Gasteiger partial charge in [0.15, 0.2) is 17.3 Å². The van der Waals surface area contributed by atoms with Gasteiger partial charge in [-0.3, -0.25) is 14.9 Å². The quantitative estimate of drug-likeness (QED) is 0.362. The van der Waals surface area contributed by atoms with Crippen molar-refractivity contribution < 1.29 is 33.4 Å². The predicted octanol–water partition coefficient (Wildman–Crippen LogP) is 4.24. The van der Waals surface area contributed by atoms with E-state index in [-0.39, 0.29) is 35.1 Å². The summed E-state index contributed by atoms with van der Waals surface area (Å²) in [4.78, 5) is 24.8. The third-order valence-electron chi connectivity index (χ3n) is 5.77. The first-order valence-corrected chi connectivity index (χ1v) is 10.4. The molecule has 0 bridgehead atoms. The Balaban J connectivity index is 1.75. The number of nitro groups is 1. The molecule has 0 amide bonds. The number of nitro benzene ring substituents is 1. The van der Waals surface area contributed by atoms with E-state index >= 15 is 0 Å². The van der Waals surface area contributed by atoms with E-state index in [9.17, 15) is 14.9 Å². The molecule has 9 nitrogen and oxygen atoms in total. The molecule has 2 aliphatic rings. The van der Waals surface area contributed by atoms with Gasteiger partial charge in [-0.05, 0) is 44.1 Å². The molecule has 0 radical (unpaired) electrons. The molecule has 1 atom stereocenters. The summed E-state index contributed by atoms with van der Waals surface area (Å²) in [6.07, 6.45) is 3.85. The first kappa shape index (κ1) is 22.4. The molecule has 174 valence electrons. The lowest BCUT2D eigenvalue weighted by Crippen LogP contribution is -2.30. The topological polar surface area (TPSA) is 106 Å². The molecule has 0 aromatic heterocycles. The maximum Gasteiger partial charge on any atom is 0.312 e. The molecule has 33 heavy (non-hydrogen) atoms. The van der Waals surface area contributed by atoms with Gasteiger partial charge in [0.05, 0.1) is 49.9 Å². The number of carbonyl (C=O) groups is 1. The number of hydrogen-bond acceptors (Lipinski definition) is 8. The molecule has 2 aromatic rings.